The zero-order valence-corrected chi connectivity index (χ0v) is 19.1. The number of urea groups is 1. The van der Waals surface area contributed by atoms with Gasteiger partial charge >= 0.3 is 6.03 Å². The van der Waals surface area contributed by atoms with Gasteiger partial charge in [0.1, 0.15) is 11.6 Å². The van der Waals surface area contributed by atoms with Gasteiger partial charge in [0, 0.05) is 31.6 Å². The summed E-state index contributed by atoms with van der Waals surface area (Å²) in [7, 11) is 1.97. The maximum Gasteiger partial charge on any atom is 0.328 e. The van der Waals surface area contributed by atoms with Crippen LogP contribution in [0.2, 0.25) is 0 Å². The standard InChI is InChI=1S/C25H28FN5O3/c1-16-10-11-30(2)22-8-7-21(18-5-3-4-17(12-18)13-20(33)15-32)28-24(22)31(16)25(34)29-23-9-6-19(26)14-27-23/h3-9,12,14,16,20,32-33H,10-11,13,15H2,1-2H3,(H,27,29,34)/t16-,20?/m1/s1. The number of carbonyl (C=O) groups excluding carboxylic acids is 1. The smallest absolute Gasteiger partial charge is 0.328 e. The normalized spacial score (nSPS) is 16.6. The average Bonchev–Trinajstić information content (AvgIpc) is 2.96. The Morgan fingerprint density at radius 2 is 2.09 bits per heavy atom. The summed E-state index contributed by atoms with van der Waals surface area (Å²) in [5, 5.41) is 21.7. The topological polar surface area (TPSA) is 102 Å². The number of rotatable bonds is 5. The van der Waals surface area contributed by atoms with Crippen LogP contribution >= 0.6 is 0 Å². The van der Waals surface area contributed by atoms with E-state index in [1.54, 1.807) is 4.90 Å². The van der Waals surface area contributed by atoms with Gasteiger partial charge in [-0.25, -0.2) is 19.2 Å². The Bertz CT molecular complexity index is 1160. The number of benzene rings is 1. The summed E-state index contributed by atoms with van der Waals surface area (Å²) >= 11 is 0. The van der Waals surface area contributed by atoms with E-state index in [2.05, 4.69) is 15.2 Å². The first-order valence-corrected chi connectivity index (χ1v) is 11.2. The number of aliphatic hydroxyl groups is 2. The Morgan fingerprint density at radius 1 is 1.26 bits per heavy atom. The van der Waals surface area contributed by atoms with E-state index in [-0.39, 0.29) is 18.5 Å². The molecular weight excluding hydrogens is 437 g/mol. The molecule has 3 heterocycles. The second-order valence-electron chi connectivity index (χ2n) is 8.50. The minimum atomic E-state index is -0.830. The van der Waals surface area contributed by atoms with E-state index in [9.17, 15) is 14.3 Å². The molecule has 0 saturated heterocycles. The van der Waals surface area contributed by atoms with Crippen LogP contribution in [-0.4, -0.2) is 58.6 Å². The highest BCUT2D eigenvalue weighted by molar-refractivity contribution is 6.03. The minimum Gasteiger partial charge on any atom is -0.394 e. The van der Waals surface area contributed by atoms with Crippen LogP contribution in [0.25, 0.3) is 11.3 Å². The molecule has 3 N–H and O–H groups in total. The number of nitrogens with zero attached hydrogens (tertiary/aromatic N) is 4. The molecule has 9 heteroatoms. The summed E-state index contributed by atoms with van der Waals surface area (Å²) in [6.07, 6.45) is 1.29. The van der Waals surface area contributed by atoms with Gasteiger partial charge in [-0.3, -0.25) is 10.2 Å². The van der Waals surface area contributed by atoms with Crippen molar-refractivity contribution >= 4 is 23.4 Å². The first-order valence-electron chi connectivity index (χ1n) is 11.2. The van der Waals surface area contributed by atoms with Crippen molar-refractivity contribution in [3.05, 3.63) is 66.1 Å². The Morgan fingerprint density at radius 3 is 2.82 bits per heavy atom. The molecule has 0 spiro atoms. The molecule has 1 aliphatic heterocycles. The fourth-order valence-corrected chi connectivity index (χ4v) is 4.03. The van der Waals surface area contributed by atoms with Crippen LogP contribution in [0.15, 0.2) is 54.7 Å². The summed E-state index contributed by atoms with van der Waals surface area (Å²) in [5.74, 6) is 0.294. The van der Waals surface area contributed by atoms with Crippen molar-refractivity contribution in [3.63, 3.8) is 0 Å². The van der Waals surface area contributed by atoms with Gasteiger partial charge in [-0.1, -0.05) is 18.2 Å². The second-order valence-corrected chi connectivity index (χ2v) is 8.50. The number of aromatic nitrogens is 2. The van der Waals surface area contributed by atoms with Gasteiger partial charge in [0.05, 0.1) is 30.3 Å². The molecule has 2 aromatic heterocycles. The van der Waals surface area contributed by atoms with E-state index in [0.717, 1.165) is 36.0 Å². The maximum atomic E-state index is 13.3. The molecule has 0 aliphatic carbocycles. The lowest BCUT2D eigenvalue weighted by molar-refractivity contribution is 0.0955. The van der Waals surface area contributed by atoms with Crippen LogP contribution in [0, 0.1) is 5.82 Å². The number of hydrogen-bond acceptors (Lipinski definition) is 6. The number of halogens is 1. The van der Waals surface area contributed by atoms with Crippen molar-refractivity contribution in [2.75, 3.05) is 35.3 Å². The number of fused-ring (bicyclic) bond motifs is 1. The molecule has 2 atom stereocenters. The molecule has 2 amide bonds. The summed E-state index contributed by atoms with van der Waals surface area (Å²) in [4.78, 5) is 25.8. The van der Waals surface area contributed by atoms with Gasteiger partial charge in [-0.15, -0.1) is 0 Å². The largest absolute Gasteiger partial charge is 0.394 e. The van der Waals surface area contributed by atoms with Crippen molar-refractivity contribution in [1.82, 2.24) is 9.97 Å². The van der Waals surface area contributed by atoms with Gasteiger partial charge in [-0.2, -0.15) is 0 Å². The lowest BCUT2D eigenvalue weighted by Gasteiger charge is -2.28. The van der Waals surface area contributed by atoms with Gasteiger partial charge in [-0.05, 0) is 49.2 Å². The molecule has 0 radical (unpaired) electrons. The zero-order chi connectivity index (χ0) is 24.2. The van der Waals surface area contributed by atoms with Crippen LogP contribution in [0.4, 0.5) is 26.5 Å². The van der Waals surface area contributed by atoms with Crippen LogP contribution in [0.5, 0.6) is 0 Å². The lowest BCUT2D eigenvalue weighted by atomic mass is 10.0. The number of pyridine rings is 2. The molecule has 0 bridgehead atoms. The number of amides is 2. The van der Waals surface area contributed by atoms with Gasteiger partial charge in [0.15, 0.2) is 5.82 Å². The number of anilines is 3. The van der Waals surface area contributed by atoms with Crippen LogP contribution in [-0.2, 0) is 6.42 Å². The zero-order valence-electron chi connectivity index (χ0n) is 19.1. The van der Waals surface area contributed by atoms with Crippen molar-refractivity contribution in [2.24, 2.45) is 0 Å². The molecule has 1 aliphatic rings. The third kappa shape index (κ3) is 5.16. The number of nitrogens with one attached hydrogen (secondary N) is 1. The van der Waals surface area contributed by atoms with Crippen molar-refractivity contribution in [3.8, 4) is 11.3 Å². The predicted molar refractivity (Wildman–Crippen MR) is 130 cm³/mol. The molecule has 8 nitrogen and oxygen atoms in total. The van der Waals surface area contributed by atoms with E-state index in [0.29, 0.717) is 17.9 Å². The first kappa shape index (κ1) is 23.6. The Hall–Kier alpha value is -3.56. The van der Waals surface area contributed by atoms with E-state index in [1.165, 1.54) is 12.1 Å². The van der Waals surface area contributed by atoms with Gasteiger partial charge in [0.25, 0.3) is 0 Å². The summed E-state index contributed by atoms with van der Waals surface area (Å²) in [5.41, 5.74) is 3.21. The molecular formula is C25H28FN5O3. The molecule has 34 heavy (non-hydrogen) atoms. The third-order valence-corrected chi connectivity index (χ3v) is 5.90. The summed E-state index contributed by atoms with van der Waals surface area (Å²) in [6.45, 7) is 2.41. The fourth-order valence-electron chi connectivity index (χ4n) is 4.03. The fraction of sp³-hybridized carbons (Fsp3) is 0.320. The Labute approximate surface area is 197 Å². The highest BCUT2D eigenvalue weighted by atomic mass is 19.1. The number of aliphatic hydroxyl groups excluding tert-OH is 2. The molecule has 0 fully saturated rings. The molecule has 0 saturated carbocycles. The average molecular weight is 466 g/mol. The van der Waals surface area contributed by atoms with E-state index in [4.69, 9.17) is 10.1 Å². The minimum absolute atomic E-state index is 0.141. The van der Waals surface area contributed by atoms with E-state index < -0.39 is 18.0 Å². The Balaban J connectivity index is 1.70. The second kappa shape index (κ2) is 10.1. The molecule has 3 aromatic rings. The molecule has 1 unspecified atom stereocenters. The molecule has 4 rings (SSSR count). The van der Waals surface area contributed by atoms with E-state index in [1.807, 2.05) is 50.4 Å². The predicted octanol–water partition coefficient (Wildman–Crippen LogP) is 3.45. The monoisotopic (exact) mass is 465 g/mol. The SMILES string of the molecule is C[C@@H]1CCN(C)c2ccc(-c3cccc(CC(O)CO)c3)nc2N1C(=O)Nc1ccc(F)cn1. The van der Waals surface area contributed by atoms with Crippen molar-refractivity contribution < 1.29 is 19.4 Å². The van der Waals surface area contributed by atoms with Gasteiger partial charge < -0.3 is 15.1 Å². The first-order chi connectivity index (χ1) is 16.4. The summed E-state index contributed by atoms with van der Waals surface area (Å²) < 4.78 is 13.2. The third-order valence-electron chi connectivity index (χ3n) is 5.90. The molecule has 178 valence electrons. The quantitative estimate of drug-likeness (QED) is 0.534. The van der Waals surface area contributed by atoms with Gasteiger partial charge in [0.2, 0.25) is 0 Å². The maximum absolute atomic E-state index is 13.3. The highest BCUT2D eigenvalue weighted by Crippen LogP contribution is 2.35. The Kier molecular flexibility index (Phi) is 7.04. The number of carbonyl (C=O) groups is 1. The van der Waals surface area contributed by atoms with Crippen LogP contribution in [0.1, 0.15) is 18.9 Å². The van der Waals surface area contributed by atoms with E-state index >= 15 is 0 Å². The van der Waals surface area contributed by atoms with Crippen molar-refractivity contribution in [2.45, 2.75) is 31.9 Å². The highest BCUT2D eigenvalue weighted by Gasteiger charge is 2.30. The van der Waals surface area contributed by atoms with Crippen molar-refractivity contribution in [1.29, 1.82) is 0 Å². The lowest BCUT2D eigenvalue weighted by Crippen LogP contribution is -2.42. The van der Waals surface area contributed by atoms with Crippen LogP contribution < -0.4 is 15.1 Å². The molecule has 1 aromatic carbocycles. The number of hydrogen-bond donors (Lipinski definition) is 3. The summed E-state index contributed by atoms with van der Waals surface area (Å²) in [6, 6.07) is 13.6. The van der Waals surface area contributed by atoms with Crippen LogP contribution in [0.3, 0.4) is 0 Å².